The van der Waals surface area contributed by atoms with Gasteiger partial charge in [0.1, 0.15) is 11.6 Å². The summed E-state index contributed by atoms with van der Waals surface area (Å²) in [5.74, 6) is -0.119. The first kappa shape index (κ1) is 18.6. The third kappa shape index (κ3) is 4.71. The maximum absolute atomic E-state index is 12.9. The third-order valence-corrected chi connectivity index (χ3v) is 6.41. The summed E-state index contributed by atoms with van der Waals surface area (Å²) in [7, 11) is -3.37. The molecule has 0 aromatic heterocycles. The zero-order valence-electron chi connectivity index (χ0n) is 14.4. The summed E-state index contributed by atoms with van der Waals surface area (Å²) in [5.41, 5.74) is 2.36. The van der Waals surface area contributed by atoms with Crippen molar-refractivity contribution in [2.24, 2.45) is 0 Å². The van der Waals surface area contributed by atoms with Gasteiger partial charge in [-0.25, -0.2) is 12.8 Å². The van der Waals surface area contributed by atoms with E-state index < -0.39 is 15.7 Å². The van der Waals surface area contributed by atoms with Crippen molar-refractivity contribution < 1.29 is 17.9 Å². The Kier molecular flexibility index (Phi) is 5.74. The van der Waals surface area contributed by atoms with E-state index in [4.69, 9.17) is 0 Å². The average Bonchev–Trinajstić information content (AvgIpc) is 2.63. The van der Waals surface area contributed by atoms with Crippen LogP contribution in [0.1, 0.15) is 18.4 Å². The van der Waals surface area contributed by atoms with Crippen molar-refractivity contribution in [1.29, 1.82) is 0 Å². The van der Waals surface area contributed by atoms with Crippen molar-refractivity contribution in [2.75, 3.05) is 25.4 Å². The largest absolute Gasteiger partial charge is 0.508 e. The van der Waals surface area contributed by atoms with Gasteiger partial charge in [-0.2, -0.15) is 0 Å². The molecule has 138 valence electrons. The number of hydrogen-bond acceptors (Lipinski definition) is 4. The number of sulfone groups is 1. The number of hydrogen-bond donors (Lipinski definition) is 1. The standard InChI is InChI=1S/C20H22FNO3S/c21-18-4-8-20(9-5-18)26(24,25)15-1-12-22-13-10-17(11-14-22)16-2-6-19(23)7-3-16/h2-10,23H,1,11-15H2. The van der Waals surface area contributed by atoms with Crippen molar-refractivity contribution in [1.82, 2.24) is 4.90 Å². The molecule has 0 aliphatic carbocycles. The number of phenolic OH excluding ortho intramolecular Hbond substituents is 1. The zero-order chi connectivity index (χ0) is 18.6. The average molecular weight is 375 g/mol. The summed E-state index contributed by atoms with van der Waals surface area (Å²) in [5, 5.41) is 9.36. The summed E-state index contributed by atoms with van der Waals surface area (Å²) in [4.78, 5) is 2.40. The Labute approximate surface area is 153 Å². The van der Waals surface area contributed by atoms with Gasteiger partial charge in [-0.1, -0.05) is 18.2 Å². The lowest BCUT2D eigenvalue weighted by Gasteiger charge is -2.26. The SMILES string of the molecule is O=S(=O)(CCCN1CC=C(c2ccc(O)cc2)CC1)c1ccc(F)cc1. The fraction of sp³-hybridized carbons (Fsp3) is 0.300. The lowest BCUT2D eigenvalue weighted by molar-refractivity contribution is 0.303. The minimum absolute atomic E-state index is 0.0592. The Balaban J connectivity index is 1.50. The molecule has 0 amide bonds. The maximum Gasteiger partial charge on any atom is 0.178 e. The van der Waals surface area contributed by atoms with E-state index in [0.29, 0.717) is 13.0 Å². The molecule has 0 saturated carbocycles. The van der Waals surface area contributed by atoms with Crippen LogP contribution in [0.15, 0.2) is 59.5 Å². The van der Waals surface area contributed by atoms with Crippen LogP contribution in [0, 0.1) is 5.82 Å². The van der Waals surface area contributed by atoms with Crippen LogP contribution in [0.25, 0.3) is 5.57 Å². The number of aromatic hydroxyl groups is 1. The molecule has 1 aliphatic heterocycles. The first-order valence-electron chi connectivity index (χ1n) is 8.63. The number of nitrogens with zero attached hydrogens (tertiary/aromatic N) is 1. The molecular weight excluding hydrogens is 353 g/mol. The van der Waals surface area contributed by atoms with E-state index in [0.717, 1.165) is 25.1 Å². The molecule has 3 rings (SSSR count). The van der Waals surface area contributed by atoms with Crippen LogP contribution in [0.3, 0.4) is 0 Å². The fourth-order valence-corrected chi connectivity index (χ4v) is 4.39. The lowest BCUT2D eigenvalue weighted by atomic mass is 9.99. The second kappa shape index (κ2) is 8.01. The third-order valence-electron chi connectivity index (χ3n) is 4.59. The van der Waals surface area contributed by atoms with E-state index in [2.05, 4.69) is 11.0 Å². The summed E-state index contributed by atoms with van der Waals surface area (Å²) in [6.45, 7) is 2.37. The van der Waals surface area contributed by atoms with Crippen molar-refractivity contribution in [3.8, 4) is 5.75 Å². The first-order valence-corrected chi connectivity index (χ1v) is 10.3. The highest BCUT2D eigenvalue weighted by atomic mass is 32.2. The van der Waals surface area contributed by atoms with E-state index in [1.807, 2.05) is 12.1 Å². The number of rotatable bonds is 6. The van der Waals surface area contributed by atoms with E-state index in [-0.39, 0.29) is 16.4 Å². The van der Waals surface area contributed by atoms with Crippen LogP contribution in [0.5, 0.6) is 5.75 Å². The molecule has 4 nitrogen and oxygen atoms in total. The molecular formula is C20H22FNO3S. The van der Waals surface area contributed by atoms with Crippen molar-refractivity contribution in [2.45, 2.75) is 17.7 Å². The van der Waals surface area contributed by atoms with Crippen LogP contribution >= 0.6 is 0 Å². The highest BCUT2D eigenvalue weighted by Crippen LogP contribution is 2.24. The van der Waals surface area contributed by atoms with Crippen LogP contribution in [0.4, 0.5) is 4.39 Å². The molecule has 26 heavy (non-hydrogen) atoms. The van der Waals surface area contributed by atoms with Gasteiger partial charge in [0.2, 0.25) is 0 Å². The quantitative estimate of drug-likeness (QED) is 0.786. The van der Waals surface area contributed by atoms with Crippen molar-refractivity contribution in [3.63, 3.8) is 0 Å². The zero-order valence-corrected chi connectivity index (χ0v) is 15.3. The summed E-state index contributed by atoms with van der Waals surface area (Å²) >= 11 is 0. The van der Waals surface area contributed by atoms with Gasteiger partial charge in [0.25, 0.3) is 0 Å². The smallest absolute Gasteiger partial charge is 0.178 e. The van der Waals surface area contributed by atoms with Crippen LogP contribution in [0.2, 0.25) is 0 Å². The Morgan fingerprint density at radius 2 is 1.73 bits per heavy atom. The Hall–Kier alpha value is -2.18. The van der Waals surface area contributed by atoms with Crippen LogP contribution in [-0.2, 0) is 9.84 Å². The second-order valence-corrected chi connectivity index (χ2v) is 8.56. The first-order chi connectivity index (χ1) is 12.4. The maximum atomic E-state index is 12.9. The molecule has 1 N–H and O–H groups in total. The van der Waals surface area contributed by atoms with E-state index >= 15 is 0 Å². The molecule has 1 aliphatic rings. The second-order valence-electron chi connectivity index (χ2n) is 6.45. The topological polar surface area (TPSA) is 57.6 Å². The highest BCUT2D eigenvalue weighted by Gasteiger charge is 2.17. The monoisotopic (exact) mass is 375 g/mol. The molecule has 2 aromatic carbocycles. The molecule has 6 heteroatoms. The molecule has 0 radical (unpaired) electrons. The molecule has 1 heterocycles. The number of phenols is 1. The van der Waals surface area contributed by atoms with Gasteiger partial charge in [0.05, 0.1) is 10.6 Å². The minimum atomic E-state index is -3.37. The minimum Gasteiger partial charge on any atom is -0.508 e. The Morgan fingerprint density at radius 3 is 2.35 bits per heavy atom. The molecule has 0 unspecified atom stereocenters. The van der Waals surface area contributed by atoms with E-state index in [1.165, 1.54) is 29.8 Å². The fourth-order valence-electron chi connectivity index (χ4n) is 3.09. The molecule has 0 spiro atoms. The molecule has 0 fully saturated rings. The van der Waals surface area contributed by atoms with Gasteiger partial charge in [0.15, 0.2) is 9.84 Å². The predicted molar refractivity (Wildman–Crippen MR) is 100 cm³/mol. The predicted octanol–water partition coefficient (Wildman–Crippen LogP) is 3.48. The molecule has 2 aromatic rings. The molecule has 0 saturated heterocycles. The van der Waals surface area contributed by atoms with Gasteiger partial charge < -0.3 is 5.11 Å². The van der Waals surface area contributed by atoms with Gasteiger partial charge >= 0.3 is 0 Å². The van der Waals surface area contributed by atoms with Crippen LogP contribution < -0.4 is 0 Å². The summed E-state index contributed by atoms with van der Waals surface area (Å²) < 4.78 is 37.5. The Bertz CT molecular complexity index is 874. The lowest BCUT2D eigenvalue weighted by Crippen LogP contribution is -2.30. The summed E-state index contributed by atoms with van der Waals surface area (Å²) in [6.07, 6.45) is 3.60. The number of halogens is 1. The normalized spacial score (nSPS) is 15.7. The molecule has 0 atom stereocenters. The van der Waals surface area contributed by atoms with Gasteiger partial charge in [-0.15, -0.1) is 0 Å². The highest BCUT2D eigenvalue weighted by molar-refractivity contribution is 7.91. The van der Waals surface area contributed by atoms with E-state index in [1.54, 1.807) is 12.1 Å². The van der Waals surface area contributed by atoms with E-state index in [9.17, 15) is 17.9 Å². The number of benzene rings is 2. The van der Waals surface area contributed by atoms with Crippen molar-refractivity contribution in [3.05, 3.63) is 66.0 Å². The molecule has 0 bridgehead atoms. The van der Waals surface area contributed by atoms with Crippen molar-refractivity contribution >= 4 is 15.4 Å². The summed E-state index contributed by atoms with van der Waals surface area (Å²) in [6, 6.07) is 12.2. The Morgan fingerprint density at radius 1 is 1.04 bits per heavy atom. The van der Waals surface area contributed by atoms with Crippen LogP contribution in [-0.4, -0.2) is 43.8 Å². The van der Waals surface area contributed by atoms with Gasteiger partial charge in [-0.3, -0.25) is 4.90 Å². The van der Waals surface area contributed by atoms with Gasteiger partial charge in [0, 0.05) is 13.1 Å². The van der Waals surface area contributed by atoms with Gasteiger partial charge in [-0.05, 0) is 66.9 Å².